The second kappa shape index (κ2) is 8.74. The fourth-order valence-electron chi connectivity index (χ4n) is 4.12. The van der Waals surface area contributed by atoms with Crippen molar-refractivity contribution in [2.45, 2.75) is 45.6 Å². The molecule has 3 rings (SSSR count). The summed E-state index contributed by atoms with van der Waals surface area (Å²) in [6.07, 6.45) is 3.39. The van der Waals surface area contributed by atoms with Crippen molar-refractivity contribution >= 4 is 34.1 Å². The van der Waals surface area contributed by atoms with Gasteiger partial charge in [-0.05, 0) is 29.7 Å². The lowest BCUT2D eigenvalue weighted by atomic mass is 9.77. The minimum absolute atomic E-state index is 0.00500. The Morgan fingerprint density at radius 3 is 2.93 bits per heavy atom. The van der Waals surface area contributed by atoms with Gasteiger partial charge in [-0.15, -0.1) is 11.3 Å². The van der Waals surface area contributed by atoms with Crippen molar-refractivity contribution in [2.24, 2.45) is 17.8 Å². The lowest BCUT2D eigenvalue weighted by molar-refractivity contribution is -0.151. The minimum atomic E-state index is -0.527. The van der Waals surface area contributed by atoms with Crippen molar-refractivity contribution in [2.75, 3.05) is 18.5 Å². The smallest absolute Gasteiger partial charge is 0.311 e. The molecule has 0 aromatic carbocycles. The van der Waals surface area contributed by atoms with Gasteiger partial charge < -0.3 is 15.0 Å². The zero-order chi connectivity index (χ0) is 20.3. The summed E-state index contributed by atoms with van der Waals surface area (Å²) in [6.45, 7) is 4.33. The summed E-state index contributed by atoms with van der Waals surface area (Å²) < 4.78 is 5.13. The number of carbonyl (C=O) groups excluding carboxylic acids is 3. The Morgan fingerprint density at radius 2 is 2.18 bits per heavy atom. The number of carbonyl (C=O) groups is 3. The molecule has 1 aromatic heterocycles. The molecule has 7 nitrogen and oxygen atoms in total. The highest BCUT2D eigenvalue weighted by Crippen LogP contribution is 2.35. The Hall–Kier alpha value is -2.40. The van der Waals surface area contributed by atoms with Crippen LogP contribution in [0.15, 0.2) is 11.4 Å². The third-order valence-corrected chi connectivity index (χ3v) is 6.77. The van der Waals surface area contributed by atoms with E-state index in [1.54, 1.807) is 11.4 Å². The first-order valence-corrected chi connectivity index (χ1v) is 10.5. The molecule has 1 N–H and O–H groups in total. The highest BCUT2D eigenvalue weighted by atomic mass is 32.1. The standard InChI is InChI=1S/C20H25N3O4S/c1-12-4-3-5-16(13(12)2)23-10-15(8-18(23)25)20(26)27-11-17(24)22-19-14(9-21)6-7-28-19/h6-7,12-13,15-16H,3-5,8,10-11H2,1-2H3,(H,22,24)/t12-,13-,15-,16-/m1/s1. The first-order chi connectivity index (χ1) is 13.4. The lowest BCUT2D eigenvalue weighted by Gasteiger charge is -2.39. The Kier molecular flexibility index (Phi) is 6.35. The first-order valence-electron chi connectivity index (χ1n) is 9.64. The van der Waals surface area contributed by atoms with E-state index in [0.717, 1.165) is 12.8 Å². The minimum Gasteiger partial charge on any atom is -0.455 e. The van der Waals surface area contributed by atoms with E-state index in [1.165, 1.54) is 17.8 Å². The predicted octanol–water partition coefficient (Wildman–Crippen LogP) is 2.77. The Labute approximate surface area is 168 Å². The average Bonchev–Trinajstić information content (AvgIpc) is 3.28. The number of ether oxygens (including phenoxy) is 1. The number of amides is 2. The normalized spacial score (nSPS) is 27.3. The van der Waals surface area contributed by atoms with E-state index >= 15 is 0 Å². The molecule has 28 heavy (non-hydrogen) atoms. The predicted molar refractivity (Wildman–Crippen MR) is 104 cm³/mol. The fourth-order valence-corrected chi connectivity index (χ4v) is 4.87. The summed E-state index contributed by atoms with van der Waals surface area (Å²) in [5, 5.41) is 13.7. The van der Waals surface area contributed by atoms with Gasteiger partial charge >= 0.3 is 5.97 Å². The second-order valence-electron chi connectivity index (χ2n) is 7.71. The Balaban J connectivity index is 1.50. The van der Waals surface area contributed by atoms with E-state index in [-0.39, 0.29) is 18.4 Å². The summed E-state index contributed by atoms with van der Waals surface area (Å²) >= 11 is 1.23. The Morgan fingerprint density at radius 1 is 1.39 bits per heavy atom. The van der Waals surface area contributed by atoms with E-state index in [1.807, 2.05) is 11.0 Å². The fraction of sp³-hybridized carbons (Fsp3) is 0.600. The average molecular weight is 404 g/mol. The topological polar surface area (TPSA) is 99.5 Å². The van der Waals surface area contributed by atoms with Gasteiger partial charge in [0.15, 0.2) is 6.61 Å². The molecule has 0 radical (unpaired) electrons. The largest absolute Gasteiger partial charge is 0.455 e. The van der Waals surface area contributed by atoms with Gasteiger partial charge in [0.2, 0.25) is 5.91 Å². The first kappa shape index (κ1) is 20.3. The molecule has 2 amide bonds. The van der Waals surface area contributed by atoms with Crippen molar-refractivity contribution < 1.29 is 19.1 Å². The van der Waals surface area contributed by atoms with Gasteiger partial charge in [0.25, 0.3) is 5.91 Å². The second-order valence-corrected chi connectivity index (χ2v) is 8.63. The molecule has 1 aliphatic carbocycles. The third kappa shape index (κ3) is 4.36. The van der Waals surface area contributed by atoms with E-state index in [4.69, 9.17) is 10.00 Å². The van der Waals surface area contributed by atoms with Gasteiger partial charge in [-0.1, -0.05) is 26.7 Å². The van der Waals surface area contributed by atoms with Gasteiger partial charge in [0.1, 0.15) is 11.1 Å². The van der Waals surface area contributed by atoms with Crippen molar-refractivity contribution in [3.8, 4) is 6.07 Å². The molecule has 1 saturated carbocycles. The zero-order valence-electron chi connectivity index (χ0n) is 16.1. The number of nitrogens with one attached hydrogen (secondary N) is 1. The maximum absolute atomic E-state index is 12.5. The van der Waals surface area contributed by atoms with Gasteiger partial charge in [0, 0.05) is 19.0 Å². The molecule has 1 aromatic rings. The van der Waals surface area contributed by atoms with Crippen LogP contribution in [-0.4, -0.2) is 41.9 Å². The van der Waals surface area contributed by atoms with Gasteiger partial charge in [-0.2, -0.15) is 5.26 Å². The number of hydrogen-bond acceptors (Lipinski definition) is 6. The molecule has 2 aliphatic rings. The lowest BCUT2D eigenvalue weighted by Crippen LogP contribution is -2.45. The van der Waals surface area contributed by atoms with Gasteiger partial charge in [-0.25, -0.2) is 0 Å². The van der Waals surface area contributed by atoms with Crippen LogP contribution in [-0.2, 0) is 19.1 Å². The van der Waals surface area contributed by atoms with E-state index in [9.17, 15) is 14.4 Å². The number of rotatable bonds is 5. The van der Waals surface area contributed by atoms with Crippen LogP contribution in [0.1, 0.15) is 45.1 Å². The molecule has 2 heterocycles. The monoisotopic (exact) mass is 403 g/mol. The van der Waals surface area contributed by atoms with Crippen molar-refractivity contribution in [3.63, 3.8) is 0 Å². The number of nitriles is 1. The molecule has 2 fully saturated rings. The maximum Gasteiger partial charge on any atom is 0.311 e. The highest BCUT2D eigenvalue weighted by Gasteiger charge is 2.42. The summed E-state index contributed by atoms with van der Waals surface area (Å²) in [4.78, 5) is 38.7. The maximum atomic E-state index is 12.5. The van der Waals surface area contributed by atoms with Gasteiger partial charge in [-0.3, -0.25) is 14.4 Å². The molecule has 1 aliphatic heterocycles. The van der Waals surface area contributed by atoms with Crippen LogP contribution in [0.5, 0.6) is 0 Å². The SMILES string of the molecule is C[C@@H]1[C@H](C)CCC[C@H]1N1C[C@H](C(=O)OCC(=O)Nc2sccc2C#N)CC1=O. The molecule has 1 saturated heterocycles. The molecule has 150 valence electrons. The molecule has 0 bridgehead atoms. The van der Waals surface area contributed by atoms with Gasteiger partial charge in [0.05, 0.1) is 11.5 Å². The van der Waals surface area contributed by atoms with Crippen LogP contribution < -0.4 is 5.32 Å². The molecule has 4 atom stereocenters. The van der Waals surface area contributed by atoms with Crippen molar-refractivity contribution in [1.29, 1.82) is 5.26 Å². The Bertz CT molecular complexity index is 800. The highest BCUT2D eigenvalue weighted by molar-refractivity contribution is 7.14. The number of anilines is 1. The molecular formula is C20H25N3O4S. The van der Waals surface area contributed by atoms with Crippen LogP contribution in [0, 0.1) is 29.1 Å². The summed E-state index contributed by atoms with van der Waals surface area (Å²) in [5.41, 5.74) is 0.373. The van der Waals surface area contributed by atoms with Crippen LogP contribution in [0.25, 0.3) is 0 Å². The molecule has 0 unspecified atom stereocenters. The van der Waals surface area contributed by atoms with Crippen molar-refractivity contribution in [1.82, 2.24) is 4.90 Å². The third-order valence-electron chi connectivity index (χ3n) is 5.94. The van der Waals surface area contributed by atoms with E-state index < -0.39 is 24.4 Å². The molecular weight excluding hydrogens is 378 g/mol. The van der Waals surface area contributed by atoms with Crippen LogP contribution in [0.3, 0.4) is 0 Å². The quantitative estimate of drug-likeness (QED) is 0.762. The number of likely N-dealkylation sites (tertiary alicyclic amines) is 1. The summed E-state index contributed by atoms with van der Waals surface area (Å²) in [6, 6.07) is 3.77. The number of nitrogens with zero attached hydrogens (tertiary/aromatic N) is 2. The van der Waals surface area contributed by atoms with E-state index in [2.05, 4.69) is 19.2 Å². The molecule has 8 heteroatoms. The number of esters is 1. The van der Waals surface area contributed by atoms with Crippen LogP contribution in [0.4, 0.5) is 5.00 Å². The van der Waals surface area contributed by atoms with E-state index in [0.29, 0.717) is 28.9 Å². The zero-order valence-corrected chi connectivity index (χ0v) is 17.0. The van der Waals surface area contributed by atoms with Crippen molar-refractivity contribution in [3.05, 3.63) is 17.0 Å². The summed E-state index contributed by atoms with van der Waals surface area (Å²) in [5.74, 6) is -0.566. The van der Waals surface area contributed by atoms with Crippen LogP contribution >= 0.6 is 11.3 Å². The number of thiophene rings is 1. The number of hydrogen-bond donors (Lipinski definition) is 1. The summed E-state index contributed by atoms with van der Waals surface area (Å²) in [7, 11) is 0. The van der Waals surface area contributed by atoms with Crippen LogP contribution in [0.2, 0.25) is 0 Å². The molecule has 0 spiro atoms.